The maximum absolute atomic E-state index is 5.57. The minimum Gasteiger partial charge on any atom is -0.420 e. The maximum Gasteiger partial charge on any atom is 0.189 e. The van der Waals surface area contributed by atoms with E-state index in [2.05, 4.69) is 6.55 Å². The average molecular weight is 190 g/mol. The largest absolute Gasteiger partial charge is 0.420 e. The van der Waals surface area contributed by atoms with Gasteiger partial charge in [0, 0.05) is 7.11 Å². The van der Waals surface area contributed by atoms with E-state index < -0.39 is 8.32 Å². The topological polar surface area (TPSA) is 61.3 Å². The van der Waals surface area contributed by atoms with Gasteiger partial charge < -0.3 is 15.9 Å². The summed E-state index contributed by atoms with van der Waals surface area (Å²) in [6.45, 7) is 3.81. The molecule has 0 radical (unpaired) electrons. The zero-order valence-corrected chi connectivity index (χ0v) is 9.31. The fourth-order valence-corrected chi connectivity index (χ4v) is 3.84. The molecule has 0 aromatic rings. The van der Waals surface area contributed by atoms with Gasteiger partial charge in [-0.1, -0.05) is 0 Å². The molecule has 0 atom stereocenters. The lowest BCUT2D eigenvalue weighted by Gasteiger charge is -2.24. The van der Waals surface area contributed by atoms with Gasteiger partial charge in [-0.05, 0) is 44.6 Å². The van der Waals surface area contributed by atoms with Crippen LogP contribution in [0.1, 0.15) is 12.8 Å². The summed E-state index contributed by atoms with van der Waals surface area (Å²) in [5, 5.41) is 0. The lowest BCUT2D eigenvalue weighted by molar-refractivity contribution is 0.393. The quantitative estimate of drug-likeness (QED) is 0.587. The van der Waals surface area contributed by atoms with Crippen LogP contribution in [-0.2, 0) is 4.43 Å². The van der Waals surface area contributed by atoms with Crippen molar-refractivity contribution >= 4 is 8.32 Å². The highest BCUT2D eigenvalue weighted by atomic mass is 28.4. The first-order valence-electron chi connectivity index (χ1n) is 4.64. The highest BCUT2D eigenvalue weighted by molar-refractivity contribution is 6.72. The normalized spacial score (nSPS) is 12.0. The van der Waals surface area contributed by atoms with E-state index in [1.165, 1.54) is 12.1 Å². The minimum absolute atomic E-state index is 0.772. The second-order valence-electron chi connectivity index (χ2n) is 3.44. The van der Waals surface area contributed by atoms with Gasteiger partial charge in [0.2, 0.25) is 0 Å². The van der Waals surface area contributed by atoms with E-state index in [1.54, 1.807) is 0 Å². The van der Waals surface area contributed by atoms with Crippen LogP contribution >= 0.6 is 0 Å². The Labute approximate surface area is 76.6 Å². The molecule has 12 heavy (non-hydrogen) atoms. The standard InChI is InChI=1S/C8H22N2OSi/c1-11-12(2,7-3-5-9)8-4-6-10/h3-10H2,1-2H3. The minimum atomic E-state index is -1.43. The van der Waals surface area contributed by atoms with Crippen molar-refractivity contribution < 1.29 is 4.43 Å². The summed E-state index contributed by atoms with van der Waals surface area (Å²) in [6, 6.07) is 2.33. The van der Waals surface area contributed by atoms with Crippen LogP contribution in [0.15, 0.2) is 0 Å². The molecule has 0 heterocycles. The fraction of sp³-hybridized carbons (Fsp3) is 1.00. The fourth-order valence-electron chi connectivity index (χ4n) is 1.28. The van der Waals surface area contributed by atoms with Gasteiger partial charge in [0.1, 0.15) is 0 Å². The lowest BCUT2D eigenvalue weighted by atomic mass is 10.5. The molecule has 0 fully saturated rings. The van der Waals surface area contributed by atoms with Crippen molar-refractivity contribution in [1.82, 2.24) is 0 Å². The Hall–Kier alpha value is 0.0969. The van der Waals surface area contributed by atoms with E-state index in [4.69, 9.17) is 15.9 Å². The first-order valence-corrected chi connectivity index (χ1v) is 7.46. The molecule has 4 N–H and O–H groups in total. The molecule has 0 aliphatic heterocycles. The van der Waals surface area contributed by atoms with Crippen molar-refractivity contribution in [2.45, 2.75) is 31.5 Å². The summed E-state index contributed by atoms with van der Waals surface area (Å²) >= 11 is 0. The number of rotatable bonds is 7. The van der Waals surface area contributed by atoms with Crippen LogP contribution in [0.3, 0.4) is 0 Å². The Morgan fingerprint density at radius 1 is 1.08 bits per heavy atom. The molecule has 0 aliphatic carbocycles. The Kier molecular flexibility index (Phi) is 6.65. The third-order valence-electron chi connectivity index (χ3n) is 2.31. The molecule has 0 aliphatic rings. The molecule has 4 heteroatoms. The van der Waals surface area contributed by atoms with Crippen LogP contribution in [0, 0.1) is 0 Å². The van der Waals surface area contributed by atoms with Crippen LogP contribution in [0.5, 0.6) is 0 Å². The molecule has 0 saturated carbocycles. The van der Waals surface area contributed by atoms with E-state index in [0.717, 1.165) is 25.9 Å². The molecule has 0 aromatic carbocycles. The SMILES string of the molecule is CO[Si](C)(CCCN)CCCN. The van der Waals surface area contributed by atoms with Gasteiger partial charge in [0.25, 0.3) is 0 Å². The summed E-state index contributed by atoms with van der Waals surface area (Å²) in [4.78, 5) is 0. The molecule has 0 amide bonds. The molecule has 0 spiro atoms. The van der Waals surface area contributed by atoms with E-state index in [9.17, 15) is 0 Å². The smallest absolute Gasteiger partial charge is 0.189 e. The molecule has 0 rings (SSSR count). The van der Waals surface area contributed by atoms with Gasteiger partial charge in [-0.25, -0.2) is 0 Å². The van der Waals surface area contributed by atoms with Crippen molar-refractivity contribution in [2.75, 3.05) is 20.2 Å². The molecule has 74 valence electrons. The van der Waals surface area contributed by atoms with Crippen molar-refractivity contribution in [3.63, 3.8) is 0 Å². The summed E-state index contributed by atoms with van der Waals surface area (Å²) in [6.07, 6.45) is 2.17. The number of hydrogen-bond acceptors (Lipinski definition) is 3. The maximum atomic E-state index is 5.57. The zero-order chi connectivity index (χ0) is 9.45. The molecular formula is C8H22N2OSi. The van der Waals surface area contributed by atoms with E-state index in [1.807, 2.05) is 7.11 Å². The summed E-state index contributed by atoms with van der Waals surface area (Å²) in [5.41, 5.74) is 10.9. The van der Waals surface area contributed by atoms with E-state index in [0.29, 0.717) is 0 Å². The van der Waals surface area contributed by atoms with Gasteiger partial charge >= 0.3 is 0 Å². The Balaban J connectivity index is 3.70. The first-order chi connectivity index (χ1) is 5.68. The van der Waals surface area contributed by atoms with E-state index >= 15 is 0 Å². The second kappa shape index (κ2) is 6.60. The first kappa shape index (κ1) is 12.1. The van der Waals surface area contributed by atoms with Gasteiger partial charge in [0.15, 0.2) is 8.32 Å². The number of hydrogen-bond donors (Lipinski definition) is 2. The Morgan fingerprint density at radius 3 is 1.75 bits per heavy atom. The van der Waals surface area contributed by atoms with Crippen LogP contribution in [0.25, 0.3) is 0 Å². The molecule has 0 bridgehead atoms. The summed E-state index contributed by atoms with van der Waals surface area (Å²) in [5.74, 6) is 0. The van der Waals surface area contributed by atoms with Crippen LogP contribution in [0.4, 0.5) is 0 Å². The molecule has 0 unspecified atom stereocenters. The highest BCUT2D eigenvalue weighted by Gasteiger charge is 2.25. The third kappa shape index (κ3) is 4.87. The molecule has 3 nitrogen and oxygen atoms in total. The van der Waals surface area contributed by atoms with Crippen LogP contribution < -0.4 is 11.5 Å². The second-order valence-corrected chi connectivity index (χ2v) is 7.75. The summed E-state index contributed by atoms with van der Waals surface area (Å²) in [7, 11) is 0.393. The third-order valence-corrected chi connectivity index (χ3v) is 6.12. The summed E-state index contributed by atoms with van der Waals surface area (Å²) < 4.78 is 5.57. The average Bonchev–Trinajstić information content (AvgIpc) is 2.11. The monoisotopic (exact) mass is 190 g/mol. The van der Waals surface area contributed by atoms with E-state index in [-0.39, 0.29) is 0 Å². The lowest BCUT2D eigenvalue weighted by Crippen LogP contribution is -2.34. The van der Waals surface area contributed by atoms with Crippen LogP contribution in [-0.4, -0.2) is 28.5 Å². The van der Waals surface area contributed by atoms with Gasteiger partial charge in [-0.2, -0.15) is 0 Å². The van der Waals surface area contributed by atoms with Crippen molar-refractivity contribution in [1.29, 1.82) is 0 Å². The molecular weight excluding hydrogens is 168 g/mol. The van der Waals surface area contributed by atoms with Gasteiger partial charge in [0.05, 0.1) is 0 Å². The molecule has 0 saturated heterocycles. The van der Waals surface area contributed by atoms with Crippen molar-refractivity contribution in [3.05, 3.63) is 0 Å². The number of nitrogens with two attached hydrogens (primary N) is 2. The predicted molar refractivity (Wildman–Crippen MR) is 55.6 cm³/mol. The Bertz CT molecular complexity index is 103. The van der Waals surface area contributed by atoms with Gasteiger partial charge in [-0.15, -0.1) is 0 Å². The molecule has 0 aromatic heterocycles. The Morgan fingerprint density at radius 2 is 1.50 bits per heavy atom. The van der Waals surface area contributed by atoms with Crippen molar-refractivity contribution in [2.24, 2.45) is 11.5 Å². The van der Waals surface area contributed by atoms with Crippen LogP contribution in [0.2, 0.25) is 18.6 Å². The van der Waals surface area contributed by atoms with Gasteiger partial charge in [-0.3, -0.25) is 0 Å². The van der Waals surface area contributed by atoms with Crippen molar-refractivity contribution in [3.8, 4) is 0 Å². The predicted octanol–water partition coefficient (Wildman–Crippen LogP) is 0.906. The zero-order valence-electron chi connectivity index (χ0n) is 8.31. The highest BCUT2D eigenvalue weighted by Crippen LogP contribution is 2.19.